The minimum atomic E-state index is -0.370. The quantitative estimate of drug-likeness (QED) is 0.737. The van der Waals surface area contributed by atoms with Crippen molar-refractivity contribution in [1.29, 1.82) is 0 Å². The van der Waals surface area contributed by atoms with Crippen LogP contribution in [-0.2, 0) is 4.79 Å². The molecule has 132 valence electrons. The summed E-state index contributed by atoms with van der Waals surface area (Å²) in [4.78, 5) is 25.9. The largest absolute Gasteiger partial charge is 0.369 e. The molecule has 0 atom stereocenters. The zero-order valence-electron chi connectivity index (χ0n) is 14.3. The number of hydrogen-bond donors (Lipinski definition) is 2. The van der Waals surface area contributed by atoms with Crippen LogP contribution in [0.5, 0.6) is 0 Å². The molecule has 3 N–H and O–H groups in total. The molecule has 1 aliphatic carbocycles. The Kier molecular flexibility index (Phi) is 7.43. The normalized spacial score (nSPS) is 15.0. The van der Waals surface area contributed by atoms with Gasteiger partial charge in [-0.25, -0.2) is 4.79 Å². The number of anilines is 1. The minimum Gasteiger partial charge on any atom is -0.369 e. The van der Waals surface area contributed by atoms with Crippen molar-refractivity contribution in [3.8, 4) is 0 Å². The zero-order chi connectivity index (χ0) is 17.4. The van der Waals surface area contributed by atoms with Gasteiger partial charge in [0.05, 0.1) is 11.4 Å². The van der Waals surface area contributed by atoms with Gasteiger partial charge in [0.1, 0.15) is 0 Å². The van der Waals surface area contributed by atoms with Gasteiger partial charge in [-0.15, -0.1) is 11.8 Å². The molecule has 0 unspecified atom stereocenters. The van der Waals surface area contributed by atoms with Gasteiger partial charge in [-0.1, -0.05) is 44.2 Å². The molecule has 1 aliphatic rings. The molecule has 0 spiro atoms. The van der Waals surface area contributed by atoms with Crippen LogP contribution in [0.15, 0.2) is 29.2 Å². The highest BCUT2D eigenvalue weighted by molar-refractivity contribution is 8.00. The number of urea groups is 1. The number of nitrogens with zero attached hydrogens (tertiary/aromatic N) is 1. The van der Waals surface area contributed by atoms with Crippen molar-refractivity contribution < 1.29 is 9.59 Å². The molecule has 0 aliphatic heterocycles. The van der Waals surface area contributed by atoms with Gasteiger partial charge in [0, 0.05) is 18.5 Å². The average Bonchev–Trinajstić information content (AvgIpc) is 2.59. The highest BCUT2D eigenvalue weighted by atomic mass is 32.2. The van der Waals surface area contributed by atoms with Gasteiger partial charge in [-0.05, 0) is 24.5 Å². The lowest BCUT2D eigenvalue weighted by Gasteiger charge is -2.25. The van der Waals surface area contributed by atoms with Crippen LogP contribution in [-0.4, -0.2) is 36.2 Å². The Labute approximate surface area is 148 Å². The van der Waals surface area contributed by atoms with Gasteiger partial charge in [0.25, 0.3) is 0 Å². The predicted molar refractivity (Wildman–Crippen MR) is 99.2 cm³/mol. The van der Waals surface area contributed by atoms with Crippen LogP contribution in [0.2, 0.25) is 0 Å². The Morgan fingerprint density at radius 2 is 1.96 bits per heavy atom. The molecule has 5 nitrogen and oxygen atoms in total. The van der Waals surface area contributed by atoms with E-state index in [0.717, 1.165) is 29.5 Å². The van der Waals surface area contributed by atoms with Crippen molar-refractivity contribution in [2.45, 2.75) is 43.4 Å². The Morgan fingerprint density at radius 3 is 2.67 bits per heavy atom. The number of nitrogens with two attached hydrogens (primary N) is 1. The molecule has 0 bridgehead atoms. The van der Waals surface area contributed by atoms with E-state index in [-0.39, 0.29) is 17.7 Å². The topological polar surface area (TPSA) is 75.4 Å². The average molecular weight is 350 g/mol. The fourth-order valence-corrected chi connectivity index (χ4v) is 3.76. The second-order valence-corrected chi connectivity index (χ2v) is 7.41. The Hall–Kier alpha value is -1.69. The third-order valence-corrected chi connectivity index (χ3v) is 5.54. The number of benzene rings is 1. The van der Waals surface area contributed by atoms with E-state index in [1.807, 2.05) is 31.3 Å². The molecule has 3 amide bonds. The van der Waals surface area contributed by atoms with E-state index in [0.29, 0.717) is 0 Å². The maximum absolute atomic E-state index is 12.4. The highest BCUT2D eigenvalue weighted by Crippen LogP contribution is 2.28. The summed E-state index contributed by atoms with van der Waals surface area (Å²) in [5.74, 6) is 0.586. The summed E-state index contributed by atoms with van der Waals surface area (Å²) in [6.45, 7) is 0.771. The summed E-state index contributed by atoms with van der Waals surface area (Å²) in [5, 5.41) is 2.94. The summed E-state index contributed by atoms with van der Waals surface area (Å²) in [5.41, 5.74) is 5.92. The van der Waals surface area contributed by atoms with E-state index in [1.54, 1.807) is 4.90 Å². The number of para-hydroxylation sites is 1. The molecule has 6 heteroatoms. The van der Waals surface area contributed by atoms with Crippen LogP contribution in [0, 0.1) is 5.92 Å². The second-order valence-electron chi connectivity index (χ2n) is 6.40. The van der Waals surface area contributed by atoms with Gasteiger partial charge in [-0.3, -0.25) is 4.79 Å². The van der Waals surface area contributed by atoms with Gasteiger partial charge in [-0.2, -0.15) is 0 Å². The van der Waals surface area contributed by atoms with Crippen molar-refractivity contribution in [1.82, 2.24) is 4.90 Å². The number of carbonyl (C=O) groups is 2. The molecule has 1 fully saturated rings. The first-order chi connectivity index (χ1) is 11.6. The number of thioether (sulfide) groups is 1. The highest BCUT2D eigenvalue weighted by Gasteiger charge is 2.16. The smallest absolute Gasteiger partial charge is 0.321 e. The molecule has 2 rings (SSSR count). The lowest BCUT2D eigenvalue weighted by molar-refractivity contribution is -0.115. The maximum Gasteiger partial charge on any atom is 0.321 e. The van der Waals surface area contributed by atoms with Crippen molar-refractivity contribution in [3.63, 3.8) is 0 Å². The van der Waals surface area contributed by atoms with Crippen LogP contribution in [0.1, 0.15) is 38.5 Å². The third-order valence-electron chi connectivity index (χ3n) is 4.44. The van der Waals surface area contributed by atoms with Crippen LogP contribution < -0.4 is 11.1 Å². The first-order valence-corrected chi connectivity index (χ1v) is 9.57. The lowest BCUT2D eigenvalue weighted by atomic mass is 9.87. The minimum absolute atomic E-state index is 0.113. The number of carbonyl (C=O) groups excluding carboxylic acids is 2. The Balaban J connectivity index is 1.85. The summed E-state index contributed by atoms with van der Waals surface area (Å²) in [6, 6.07) is 7.36. The number of amides is 3. The summed E-state index contributed by atoms with van der Waals surface area (Å²) < 4.78 is 0. The standard InChI is InChI=1S/C18H27N3O2S/c1-21(12-11-14-7-3-2-4-8-14)18(23)20-15-9-5-6-10-16(15)24-13-17(19)22/h5-6,9-10,14H,2-4,7-8,11-13H2,1H3,(H2,19,22)(H,20,23). The van der Waals surface area contributed by atoms with Crippen molar-refractivity contribution in [2.24, 2.45) is 11.7 Å². The Morgan fingerprint density at radius 1 is 1.25 bits per heavy atom. The summed E-state index contributed by atoms with van der Waals surface area (Å²) >= 11 is 1.34. The fourth-order valence-electron chi connectivity index (χ4n) is 3.01. The van der Waals surface area contributed by atoms with Gasteiger partial charge in [0.15, 0.2) is 0 Å². The van der Waals surface area contributed by atoms with Gasteiger partial charge in [0.2, 0.25) is 5.91 Å². The first-order valence-electron chi connectivity index (χ1n) is 8.58. The molecular formula is C18H27N3O2S. The van der Waals surface area contributed by atoms with Crippen LogP contribution >= 0.6 is 11.8 Å². The van der Waals surface area contributed by atoms with E-state index in [4.69, 9.17) is 5.73 Å². The first kappa shape index (κ1) is 18.6. The van der Waals surface area contributed by atoms with Gasteiger partial charge >= 0.3 is 6.03 Å². The summed E-state index contributed by atoms with van der Waals surface area (Å²) in [6.07, 6.45) is 7.66. The number of nitrogens with one attached hydrogen (secondary N) is 1. The predicted octanol–water partition coefficient (Wildman–Crippen LogP) is 3.70. The maximum atomic E-state index is 12.4. The molecule has 1 aromatic rings. The molecule has 0 aromatic heterocycles. The van der Waals surface area contributed by atoms with Crippen LogP contribution in [0.3, 0.4) is 0 Å². The third kappa shape index (κ3) is 6.07. The molecule has 1 saturated carbocycles. The van der Waals surface area contributed by atoms with E-state index in [2.05, 4.69) is 5.32 Å². The zero-order valence-corrected chi connectivity index (χ0v) is 15.1. The van der Waals surface area contributed by atoms with E-state index in [9.17, 15) is 9.59 Å². The summed E-state index contributed by atoms with van der Waals surface area (Å²) in [7, 11) is 1.83. The van der Waals surface area contributed by atoms with Crippen LogP contribution in [0.25, 0.3) is 0 Å². The molecule has 0 radical (unpaired) electrons. The molecule has 24 heavy (non-hydrogen) atoms. The molecule has 0 saturated heterocycles. The number of rotatable bonds is 7. The van der Waals surface area contributed by atoms with Gasteiger partial charge < -0.3 is 16.0 Å². The van der Waals surface area contributed by atoms with E-state index in [1.165, 1.54) is 43.9 Å². The van der Waals surface area contributed by atoms with Crippen molar-refractivity contribution in [2.75, 3.05) is 24.7 Å². The van der Waals surface area contributed by atoms with Crippen molar-refractivity contribution >= 4 is 29.4 Å². The van der Waals surface area contributed by atoms with Crippen LogP contribution in [0.4, 0.5) is 10.5 Å². The second kappa shape index (κ2) is 9.57. The number of hydrogen-bond acceptors (Lipinski definition) is 3. The number of primary amides is 1. The fraction of sp³-hybridized carbons (Fsp3) is 0.556. The lowest BCUT2D eigenvalue weighted by Crippen LogP contribution is -2.33. The molecule has 0 heterocycles. The Bertz CT molecular complexity index is 559. The van der Waals surface area contributed by atoms with E-state index >= 15 is 0 Å². The molecule has 1 aromatic carbocycles. The SMILES string of the molecule is CN(CCC1CCCCC1)C(=O)Nc1ccccc1SCC(N)=O. The van der Waals surface area contributed by atoms with E-state index < -0.39 is 0 Å². The monoisotopic (exact) mass is 349 g/mol. The molecular weight excluding hydrogens is 322 g/mol. The van der Waals surface area contributed by atoms with Crippen molar-refractivity contribution in [3.05, 3.63) is 24.3 Å².